The van der Waals surface area contributed by atoms with Crippen LogP contribution in [0.4, 0.5) is 18.0 Å². The molecule has 9 heteroatoms. The number of aliphatic hydroxyl groups is 1. The number of amides is 1. The SMILES string of the molecule is CC(C)(C)OC(=O)NCc1cc(-c2ccc(OC(F)(F)F)cc2)c2cccnc2c1CO. The van der Waals surface area contributed by atoms with Crippen molar-refractivity contribution in [3.63, 3.8) is 0 Å². The Balaban J connectivity index is 2.00. The van der Waals surface area contributed by atoms with Crippen molar-refractivity contribution < 1.29 is 32.5 Å². The Bertz CT molecular complexity index is 1110. The highest BCUT2D eigenvalue weighted by atomic mass is 19.4. The summed E-state index contributed by atoms with van der Waals surface area (Å²) in [4.78, 5) is 16.5. The number of carbonyl (C=O) groups excluding carboxylic acids is 1. The largest absolute Gasteiger partial charge is 0.573 e. The average Bonchev–Trinajstić information content (AvgIpc) is 2.69. The molecule has 0 fully saturated rings. The molecule has 2 aromatic carbocycles. The second-order valence-corrected chi connectivity index (χ2v) is 8.05. The maximum Gasteiger partial charge on any atom is 0.573 e. The van der Waals surface area contributed by atoms with Crippen molar-refractivity contribution in [2.24, 2.45) is 0 Å². The molecule has 0 saturated carbocycles. The molecule has 1 heterocycles. The molecule has 1 aromatic heterocycles. The molecule has 0 aliphatic heterocycles. The Morgan fingerprint density at radius 1 is 1.12 bits per heavy atom. The number of halogens is 3. The lowest BCUT2D eigenvalue weighted by atomic mass is 9.94. The van der Waals surface area contributed by atoms with E-state index in [0.717, 1.165) is 0 Å². The molecule has 0 radical (unpaired) electrons. The highest BCUT2D eigenvalue weighted by Gasteiger charge is 2.31. The predicted octanol–water partition coefficient (Wildman–Crippen LogP) is 5.32. The summed E-state index contributed by atoms with van der Waals surface area (Å²) in [6, 6.07) is 10.8. The molecular weight excluding hydrogens is 425 g/mol. The fourth-order valence-electron chi connectivity index (χ4n) is 3.25. The molecule has 170 valence electrons. The smallest absolute Gasteiger partial charge is 0.444 e. The van der Waals surface area contributed by atoms with E-state index in [9.17, 15) is 23.1 Å². The summed E-state index contributed by atoms with van der Waals surface area (Å²) in [7, 11) is 0. The van der Waals surface area contributed by atoms with E-state index in [1.807, 2.05) is 6.07 Å². The van der Waals surface area contributed by atoms with Crippen LogP contribution in [0.3, 0.4) is 0 Å². The second kappa shape index (κ2) is 9.04. The third kappa shape index (κ3) is 5.88. The van der Waals surface area contributed by atoms with Gasteiger partial charge in [0.05, 0.1) is 12.1 Å². The maximum atomic E-state index is 12.5. The number of nitrogens with zero attached hydrogens (tertiary/aromatic N) is 1. The molecule has 0 spiro atoms. The summed E-state index contributed by atoms with van der Waals surface area (Å²) in [6.45, 7) is 5.00. The van der Waals surface area contributed by atoms with Gasteiger partial charge in [-0.15, -0.1) is 13.2 Å². The lowest BCUT2D eigenvalue weighted by Crippen LogP contribution is -2.32. The molecule has 0 aliphatic rings. The van der Waals surface area contributed by atoms with E-state index in [0.29, 0.717) is 33.2 Å². The highest BCUT2D eigenvalue weighted by molar-refractivity contribution is 5.97. The minimum Gasteiger partial charge on any atom is -0.444 e. The Morgan fingerprint density at radius 2 is 1.81 bits per heavy atom. The van der Waals surface area contributed by atoms with Gasteiger partial charge in [0.15, 0.2) is 0 Å². The first-order valence-corrected chi connectivity index (χ1v) is 9.80. The summed E-state index contributed by atoms with van der Waals surface area (Å²) in [5.74, 6) is -0.331. The number of benzene rings is 2. The van der Waals surface area contributed by atoms with Crippen LogP contribution in [0.15, 0.2) is 48.7 Å². The predicted molar refractivity (Wildman–Crippen MR) is 113 cm³/mol. The van der Waals surface area contributed by atoms with Crippen molar-refractivity contribution in [3.05, 3.63) is 59.8 Å². The lowest BCUT2D eigenvalue weighted by molar-refractivity contribution is -0.274. The molecule has 0 saturated heterocycles. The second-order valence-electron chi connectivity index (χ2n) is 8.05. The van der Waals surface area contributed by atoms with Crippen molar-refractivity contribution >= 4 is 17.0 Å². The fraction of sp³-hybridized carbons (Fsp3) is 0.304. The zero-order valence-corrected chi connectivity index (χ0v) is 17.8. The van der Waals surface area contributed by atoms with Crippen LogP contribution >= 0.6 is 0 Å². The van der Waals surface area contributed by atoms with Gasteiger partial charge in [-0.3, -0.25) is 4.98 Å². The van der Waals surface area contributed by atoms with E-state index in [4.69, 9.17) is 4.74 Å². The minimum atomic E-state index is -4.78. The third-order valence-corrected chi connectivity index (χ3v) is 4.47. The summed E-state index contributed by atoms with van der Waals surface area (Å²) in [6.07, 6.45) is -3.81. The van der Waals surface area contributed by atoms with Crippen LogP contribution in [-0.4, -0.2) is 28.1 Å². The molecule has 0 aliphatic carbocycles. The lowest BCUT2D eigenvalue weighted by Gasteiger charge is -2.20. The number of ether oxygens (including phenoxy) is 2. The fourth-order valence-corrected chi connectivity index (χ4v) is 3.25. The van der Waals surface area contributed by atoms with E-state index >= 15 is 0 Å². The summed E-state index contributed by atoms with van der Waals surface area (Å²) >= 11 is 0. The number of aromatic nitrogens is 1. The van der Waals surface area contributed by atoms with Gasteiger partial charge in [-0.1, -0.05) is 18.2 Å². The van der Waals surface area contributed by atoms with Gasteiger partial charge in [0.2, 0.25) is 0 Å². The molecule has 0 unspecified atom stereocenters. The van der Waals surface area contributed by atoms with Gasteiger partial charge in [0, 0.05) is 23.7 Å². The number of alkyl halides is 3. The molecule has 3 aromatic rings. The van der Waals surface area contributed by atoms with Gasteiger partial charge in [-0.05, 0) is 61.7 Å². The normalized spacial score (nSPS) is 12.0. The molecular formula is C23H23F3N2O4. The van der Waals surface area contributed by atoms with Crippen LogP contribution in [0.5, 0.6) is 5.75 Å². The van der Waals surface area contributed by atoms with Gasteiger partial charge in [-0.25, -0.2) is 4.79 Å². The minimum absolute atomic E-state index is 0.0690. The Morgan fingerprint density at radius 3 is 2.41 bits per heavy atom. The number of alkyl carbamates (subject to hydrolysis) is 1. The highest BCUT2D eigenvalue weighted by Crippen LogP contribution is 2.34. The van der Waals surface area contributed by atoms with Gasteiger partial charge in [0.1, 0.15) is 11.4 Å². The van der Waals surface area contributed by atoms with Crippen LogP contribution in [0.2, 0.25) is 0 Å². The topological polar surface area (TPSA) is 80.7 Å². The standard InChI is InChI=1S/C23H23F3N2O4/c1-22(2,3)32-21(30)28-12-15-11-18(17-5-4-10-27-20(17)19(15)13-29)14-6-8-16(9-7-14)31-23(24,25)26/h4-11,29H,12-13H2,1-3H3,(H,28,30). The molecule has 3 rings (SSSR count). The first-order valence-electron chi connectivity index (χ1n) is 9.80. The summed E-state index contributed by atoms with van der Waals surface area (Å²) < 4.78 is 46.6. The maximum absolute atomic E-state index is 12.5. The zero-order valence-electron chi connectivity index (χ0n) is 17.8. The van der Waals surface area contributed by atoms with Gasteiger partial charge >= 0.3 is 12.5 Å². The van der Waals surface area contributed by atoms with E-state index in [2.05, 4.69) is 15.0 Å². The number of hydrogen-bond acceptors (Lipinski definition) is 5. The number of fused-ring (bicyclic) bond motifs is 1. The van der Waals surface area contributed by atoms with Crippen LogP contribution in [0.1, 0.15) is 31.9 Å². The van der Waals surface area contributed by atoms with Gasteiger partial charge in [-0.2, -0.15) is 0 Å². The number of rotatable bonds is 5. The van der Waals surface area contributed by atoms with E-state index in [1.165, 1.54) is 24.3 Å². The first-order chi connectivity index (χ1) is 15.0. The molecule has 0 bridgehead atoms. The number of pyridine rings is 1. The van der Waals surface area contributed by atoms with E-state index in [-0.39, 0.29) is 18.9 Å². The van der Waals surface area contributed by atoms with E-state index in [1.54, 1.807) is 39.1 Å². The number of carbonyl (C=O) groups is 1. The number of nitrogens with one attached hydrogen (secondary N) is 1. The van der Waals surface area contributed by atoms with Crippen molar-refractivity contribution in [3.8, 4) is 16.9 Å². The molecule has 6 nitrogen and oxygen atoms in total. The number of hydrogen-bond donors (Lipinski definition) is 2. The van der Waals surface area contributed by atoms with Crippen LogP contribution in [0, 0.1) is 0 Å². The number of aliphatic hydroxyl groups excluding tert-OH is 1. The Hall–Kier alpha value is -3.33. The average molecular weight is 448 g/mol. The summed E-state index contributed by atoms with van der Waals surface area (Å²) in [5, 5.41) is 13.3. The van der Waals surface area contributed by atoms with E-state index < -0.39 is 18.1 Å². The Labute approximate surface area is 183 Å². The van der Waals surface area contributed by atoms with Crippen molar-refractivity contribution in [2.75, 3.05) is 0 Å². The van der Waals surface area contributed by atoms with Crippen LogP contribution < -0.4 is 10.1 Å². The third-order valence-electron chi connectivity index (χ3n) is 4.47. The molecule has 32 heavy (non-hydrogen) atoms. The molecule has 2 N–H and O–H groups in total. The monoisotopic (exact) mass is 448 g/mol. The summed E-state index contributed by atoms with van der Waals surface area (Å²) in [5.41, 5.74) is 2.32. The zero-order chi connectivity index (χ0) is 23.5. The van der Waals surface area contributed by atoms with Crippen LogP contribution in [0.25, 0.3) is 22.0 Å². The van der Waals surface area contributed by atoms with Crippen molar-refractivity contribution in [2.45, 2.75) is 45.9 Å². The Kier molecular flexibility index (Phi) is 6.59. The quantitative estimate of drug-likeness (QED) is 0.552. The first kappa shape index (κ1) is 23.3. The van der Waals surface area contributed by atoms with Crippen molar-refractivity contribution in [1.29, 1.82) is 0 Å². The molecule has 0 atom stereocenters. The van der Waals surface area contributed by atoms with Gasteiger partial charge in [0.25, 0.3) is 0 Å². The van der Waals surface area contributed by atoms with Crippen molar-refractivity contribution in [1.82, 2.24) is 10.3 Å². The van der Waals surface area contributed by atoms with Gasteiger partial charge < -0.3 is 19.9 Å². The molecule has 1 amide bonds. The van der Waals surface area contributed by atoms with Crippen LogP contribution in [-0.2, 0) is 17.9 Å².